The summed E-state index contributed by atoms with van der Waals surface area (Å²) in [6.45, 7) is 5.87. The minimum atomic E-state index is -0.751. The van der Waals surface area contributed by atoms with Crippen molar-refractivity contribution >= 4 is 40.7 Å². The first-order chi connectivity index (χ1) is 18.4. The number of carbonyl (C=O) groups is 4. The Balaban J connectivity index is 1.35. The molecule has 12 heteroatoms. The van der Waals surface area contributed by atoms with Crippen LogP contribution in [0.15, 0.2) is 41.3 Å². The highest BCUT2D eigenvalue weighted by atomic mass is 16.6. The van der Waals surface area contributed by atoms with Crippen molar-refractivity contribution in [2.24, 2.45) is 7.05 Å². The number of piperidine rings is 1. The van der Waals surface area contributed by atoms with Gasteiger partial charge in [-0.25, -0.2) is 14.6 Å². The highest BCUT2D eigenvalue weighted by Crippen LogP contribution is 2.28. The number of nitrogens with one attached hydrogen (secondary N) is 1. The van der Waals surface area contributed by atoms with Crippen molar-refractivity contribution in [1.29, 1.82) is 0 Å². The van der Waals surface area contributed by atoms with E-state index in [-0.39, 0.29) is 36.9 Å². The summed E-state index contributed by atoms with van der Waals surface area (Å²) < 4.78 is 8.28. The Labute approximate surface area is 224 Å². The predicted molar refractivity (Wildman–Crippen MR) is 142 cm³/mol. The number of imidazole rings is 1. The van der Waals surface area contributed by atoms with Gasteiger partial charge in [0.15, 0.2) is 0 Å². The van der Waals surface area contributed by atoms with Gasteiger partial charge in [0.05, 0.1) is 11.0 Å². The molecule has 39 heavy (non-hydrogen) atoms. The fraction of sp³-hybridized carbons (Fsp3) is 0.407. The van der Waals surface area contributed by atoms with Crippen molar-refractivity contribution in [2.75, 3.05) is 24.5 Å². The van der Waals surface area contributed by atoms with E-state index in [0.29, 0.717) is 29.9 Å². The molecule has 3 aromatic rings. The van der Waals surface area contributed by atoms with Crippen LogP contribution >= 0.6 is 0 Å². The average molecular weight is 535 g/mol. The van der Waals surface area contributed by atoms with Crippen LogP contribution in [0.25, 0.3) is 22.2 Å². The summed E-state index contributed by atoms with van der Waals surface area (Å²) in [6.07, 6.45) is 1.57. The monoisotopic (exact) mass is 534 g/mol. The number of fused-ring (bicyclic) bond motifs is 1. The zero-order valence-corrected chi connectivity index (χ0v) is 22.3. The number of amides is 4. The first kappa shape index (κ1) is 26.1. The number of carbonyl (C=O) groups excluding carboxylic acids is 4. The number of benzene rings is 1. The lowest BCUT2D eigenvalue weighted by Crippen LogP contribution is -2.53. The number of aryl methyl sites for hydroxylation is 1. The van der Waals surface area contributed by atoms with Gasteiger partial charge in [-0.05, 0) is 57.0 Å². The van der Waals surface area contributed by atoms with E-state index in [4.69, 9.17) is 4.74 Å². The molecule has 204 valence electrons. The number of piperazine rings is 1. The van der Waals surface area contributed by atoms with Crippen LogP contribution in [-0.2, 0) is 26.2 Å². The van der Waals surface area contributed by atoms with Crippen molar-refractivity contribution in [1.82, 2.24) is 24.3 Å². The lowest BCUT2D eigenvalue weighted by Gasteiger charge is -2.34. The third-order valence-corrected chi connectivity index (χ3v) is 6.84. The summed E-state index contributed by atoms with van der Waals surface area (Å²) in [6, 6.07) is 8.30. The normalized spacial score (nSPS) is 18.5. The van der Waals surface area contributed by atoms with Crippen LogP contribution in [0.2, 0.25) is 0 Å². The Kier molecular flexibility index (Phi) is 6.49. The fourth-order valence-corrected chi connectivity index (χ4v) is 4.89. The number of imide groups is 1. The predicted octanol–water partition coefficient (Wildman–Crippen LogP) is 1.96. The Morgan fingerprint density at radius 1 is 1.03 bits per heavy atom. The maximum Gasteiger partial charge on any atom is 0.410 e. The highest BCUT2D eigenvalue weighted by Gasteiger charge is 2.32. The maximum atomic E-state index is 13.0. The summed E-state index contributed by atoms with van der Waals surface area (Å²) in [5.41, 5.74) is 1.84. The molecule has 2 aliphatic heterocycles. The smallest absolute Gasteiger partial charge is 0.410 e. The first-order valence-electron chi connectivity index (χ1n) is 12.7. The number of hydrogen-bond donors (Lipinski definition) is 1. The molecule has 0 bridgehead atoms. The summed E-state index contributed by atoms with van der Waals surface area (Å²) >= 11 is 0. The van der Waals surface area contributed by atoms with E-state index in [2.05, 4.69) is 10.3 Å². The van der Waals surface area contributed by atoms with Gasteiger partial charge in [0, 0.05) is 38.3 Å². The van der Waals surface area contributed by atoms with Gasteiger partial charge < -0.3 is 4.74 Å². The number of anilines is 1. The third kappa shape index (κ3) is 5.01. The SMILES string of the molecule is Cn1c(=O)n(C2CCC(=O)NC2=O)c2ccc(-c3ccc(N4CCN(C(=O)OC(C)(C)C)CC4=O)nc3)cc21. The van der Waals surface area contributed by atoms with Crippen molar-refractivity contribution in [3.63, 3.8) is 0 Å². The number of rotatable bonds is 3. The molecule has 1 aromatic carbocycles. The van der Waals surface area contributed by atoms with Gasteiger partial charge >= 0.3 is 11.8 Å². The molecule has 0 saturated carbocycles. The lowest BCUT2D eigenvalue weighted by molar-refractivity contribution is -0.135. The van der Waals surface area contributed by atoms with E-state index in [9.17, 15) is 24.0 Å². The largest absolute Gasteiger partial charge is 0.444 e. The highest BCUT2D eigenvalue weighted by molar-refractivity contribution is 6.00. The first-order valence-corrected chi connectivity index (χ1v) is 12.7. The van der Waals surface area contributed by atoms with Crippen molar-refractivity contribution in [3.05, 3.63) is 47.0 Å². The van der Waals surface area contributed by atoms with E-state index in [1.54, 1.807) is 46.1 Å². The zero-order valence-electron chi connectivity index (χ0n) is 22.3. The van der Waals surface area contributed by atoms with E-state index >= 15 is 0 Å². The number of hydrogen-bond acceptors (Lipinski definition) is 7. The summed E-state index contributed by atoms with van der Waals surface area (Å²) in [7, 11) is 1.64. The average Bonchev–Trinajstić information content (AvgIpc) is 3.12. The van der Waals surface area contributed by atoms with Gasteiger partial charge in [-0.3, -0.25) is 38.6 Å². The molecule has 0 spiro atoms. The molecule has 1 atom stereocenters. The second kappa shape index (κ2) is 9.68. The van der Waals surface area contributed by atoms with E-state index < -0.39 is 23.6 Å². The molecule has 4 heterocycles. The fourth-order valence-electron chi connectivity index (χ4n) is 4.89. The molecule has 5 rings (SSSR count). The number of aromatic nitrogens is 3. The molecule has 1 unspecified atom stereocenters. The topological polar surface area (TPSA) is 136 Å². The molecule has 2 fully saturated rings. The van der Waals surface area contributed by atoms with Crippen molar-refractivity contribution in [2.45, 2.75) is 45.3 Å². The molecular formula is C27H30N6O6. The number of nitrogens with zero attached hydrogens (tertiary/aromatic N) is 5. The minimum absolute atomic E-state index is 0.0901. The van der Waals surface area contributed by atoms with E-state index in [1.807, 2.05) is 18.2 Å². The number of pyridine rings is 1. The van der Waals surface area contributed by atoms with Crippen LogP contribution in [0.3, 0.4) is 0 Å². The summed E-state index contributed by atoms with van der Waals surface area (Å²) in [5, 5.41) is 2.31. The van der Waals surface area contributed by atoms with Gasteiger partial charge in [0.2, 0.25) is 17.7 Å². The van der Waals surface area contributed by atoms with E-state index in [0.717, 1.165) is 11.1 Å². The Hall–Kier alpha value is -4.48. The minimum Gasteiger partial charge on any atom is -0.444 e. The van der Waals surface area contributed by atoms with Gasteiger partial charge in [0.1, 0.15) is 24.0 Å². The lowest BCUT2D eigenvalue weighted by atomic mass is 10.0. The van der Waals surface area contributed by atoms with Gasteiger partial charge in [-0.1, -0.05) is 6.07 Å². The zero-order chi connectivity index (χ0) is 28.1. The van der Waals surface area contributed by atoms with Crippen molar-refractivity contribution < 1.29 is 23.9 Å². The molecule has 2 saturated heterocycles. The van der Waals surface area contributed by atoms with Crippen LogP contribution in [0, 0.1) is 0 Å². The van der Waals surface area contributed by atoms with Crippen molar-refractivity contribution in [3.8, 4) is 11.1 Å². The second-order valence-corrected chi connectivity index (χ2v) is 10.7. The summed E-state index contributed by atoms with van der Waals surface area (Å²) in [5.74, 6) is -0.593. The van der Waals surface area contributed by atoms with Crippen LogP contribution in [-0.4, -0.2) is 68.1 Å². The van der Waals surface area contributed by atoms with Crippen LogP contribution in [0.1, 0.15) is 39.7 Å². The van der Waals surface area contributed by atoms with Crippen LogP contribution < -0.4 is 15.9 Å². The van der Waals surface area contributed by atoms with Gasteiger partial charge in [-0.2, -0.15) is 0 Å². The standard InChI is InChI=1S/C27H30N6O6/c1-27(2,3)39-26(38)31-11-12-32(23(35)15-31)21-9-6-17(14-28-21)16-5-7-18-20(13-16)30(4)25(37)33(18)19-8-10-22(34)29-24(19)36/h5-7,9,13-14,19H,8,10-12,15H2,1-4H3,(H,29,34,36). The Morgan fingerprint density at radius 3 is 2.41 bits per heavy atom. The molecule has 12 nitrogen and oxygen atoms in total. The second-order valence-electron chi connectivity index (χ2n) is 10.7. The van der Waals surface area contributed by atoms with E-state index in [1.165, 1.54) is 18.9 Å². The molecule has 4 amide bonds. The quantitative estimate of drug-likeness (QED) is 0.508. The van der Waals surface area contributed by atoms with Gasteiger partial charge in [0.25, 0.3) is 0 Å². The van der Waals surface area contributed by atoms with Crippen LogP contribution in [0.5, 0.6) is 0 Å². The molecule has 0 radical (unpaired) electrons. The molecule has 1 N–H and O–H groups in total. The number of ether oxygens (including phenoxy) is 1. The van der Waals surface area contributed by atoms with Crippen LogP contribution in [0.4, 0.5) is 10.6 Å². The molecule has 2 aromatic heterocycles. The molecular weight excluding hydrogens is 504 g/mol. The Bertz CT molecular complexity index is 1550. The maximum absolute atomic E-state index is 13.0. The molecule has 0 aliphatic carbocycles. The molecule has 2 aliphatic rings. The third-order valence-electron chi connectivity index (χ3n) is 6.84. The van der Waals surface area contributed by atoms with Gasteiger partial charge in [-0.15, -0.1) is 0 Å². The Morgan fingerprint density at radius 2 is 1.77 bits per heavy atom. The summed E-state index contributed by atoms with van der Waals surface area (Å²) in [4.78, 5) is 69.5.